The van der Waals surface area contributed by atoms with Crippen molar-refractivity contribution < 1.29 is 87.5 Å². The van der Waals surface area contributed by atoms with E-state index in [1.54, 1.807) is 54.6 Å². The van der Waals surface area contributed by atoms with Crippen molar-refractivity contribution >= 4 is 130 Å². The van der Waals surface area contributed by atoms with Crippen LogP contribution in [0.3, 0.4) is 0 Å². The van der Waals surface area contributed by atoms with Crippen LogP contribution >= 0.6 is 69.6 Å². The van der Waals surface area contributed by atoms with Gasteiger partial charge in [-0.3, -0.25) is 4.79 Å². The van der Waals surface area contributed by atoms with E-state index in [0.717, 1.165) is 50.1 Å². The fraction of sp³-hybridized carbons (Fsp3) is 0.506. The number of hydrogen-bond donors (Lipinski definition) is 11. The number of nitrogens with zero attached hydrogens (tertiary/aromatic N) is 3. The number of carboxylic acids is 1. The molecule has 11 N–H and O–H groups in total. The monoisotopic (exact) mass is 1900 g/mol. The summed E-state index contributed by atoms with van der Waals surface area (Å²) in [5.74, 6) is -2.36. The summed E-state index contributed by atoms with van der Waals surface area (Å²) in [7, 11) is -5.76. The van der Waals surface area contributed by atoms with Gasteiger partial charge in [0.1, 0.15) is 13.2 Å². The molecule has 0 saturated heterocycles. The zero-order valence-corrected chi connectivity index (χ0v) is 76.5. The van der Waals surface area contributed by atoms with E-state index in [9.17, 15) is 54.3 Å². The predicted octanol–water partition coefficient (Wildman–Crippen LogP) is 8.87. The zero-order chi connectivity index (χ0) is 89.2. The van der Waals surface area contributed by atoms with Gasteiger partial charge in [0.05, 0.1) is 94.0 Å². The quantitative estimate of drug-likeness (QED) is 0.0159. The molecule has 0 radical (unpaired) electrons. The molecule has 41 heteroatoms. The molecule has 6 aromatic carbocycles. The number of amides is 7. The number of carbonyl (C=O) groups is 5. The lowest BCUT2D eigenvalue weighted by atomic mass is 9.83. The summed E-state index contributed by atoms with van der Waals surface area (Å²) in [6.07, 6.45) is 1.79. The van der Waals surface area contributed by atoms with Gasteiger partial charge < -0.3 is 90.2 Å². The van der Waals surface area contributed by atoms with E-state index in [2.05, 4.69) is 66.1 Å². The summed E-state index contributed by atoms with van der Waals surface area (Å²) in [4.78, 5) is 70.7. The first-order chi connectivity index (χ1) is 59.4. The fourth-order valence-corrected chi connectivity index (χ4v) is 19.9. The lowest BCUT2D eigenvalue weighted by Crippen LogP contribution is -2.51. The number of carboxylic acid groups (broad SMARTS) is 1. The molecule has 3 heterocycles. The molecule has 3 aliphatic heterocycles. The van der Waals surface area contributed by atoms with Gasteiger partial charge in [-0.15, -0.1) is 0 Å². The summed E-state index contributed by atoms with van der Waals surface area (Å²) >= 11 is 38.9. The van der Waals surface area contributed by atoms with E-state index in [0.29, 0.717) is 88.7 Å². The Bertz CT molecular complexity index is 4460. The van der Waals surface area contributed by atoms with Crippen LogP contribution in [-0.4, -0.2) is 273 Å². The molecular formula is C83H111Cl6N13O19S3. The highest BCUT2D eigenvalue weighted by atomic mass is 35.5. The smallest absolute Gasteiger partial charge is 0.329 e. The average molecular weight is 1900 g/mol. The summed E-state index contributed by atoms with van der Waals surface area (Å²) in [5.41, 5.74) is 7.11. The van der Waals surface area contributed by atoms with Crippen LogP contribution in [0.25, 0.3) is 0 Å². The van der Waals surface area contributed by atoms with Gasteiger partial charge in [-0.1, -0.05) is 106 Å². The Hall–Kier alpha value is -6.86. The molecule has 3 aliphatic rings. The number of sulfonamides is 3. The van der Waals surface area contributed by atoms with Crippen molar-refractivity contribution in [1.82, 2.24) is 66.1 Å². The van der Waals surface area contributed by atoms with Crippen LogP contribution in [0.5, 0.6) is 0 Å². The number of halogens is 6. The Kier molecular flexibility index (Phi) is 41.3. The largest absolute Gasteiger partial charge is 0.480 e. The average Bonchev–Trinajstić information content (AvgIpc) is 0.780. The van der Waals surface area contributed by atoms with Crippen LogP contribution in [0, 0.1) is 0 Å². The Morgan fingerprint density at radius 1 is 0.379 bits per heavy atom. The third-order valence-corrected chi connectivity index (χ3v) is 26.8. The second-order valence-electron chi connectivity index (χ2n) is 30.3. The molecule has 0 fully saturated rings. The van der Waals surface area contributed by atoms with Crippen molar-refractivity contribution in [2.75, 3.05) is 192 Å². The first-order valence-corrected chi connectivity index (χ1v) is 47.5. The molecule has 0 unspecified atom stereocenters. The van der Waals surface area contributed by atoms with Gasteiger partial charge in [0.2, 0.25) is 36.0 Å². The number of ether oxygens (including phenoxy) is 7. The summed E-state index contributed by atoms with van der Waals surface area (Å²) < 4.78 is 127. The van der Waals surface area contributed by atoms with E-state index >= 15 is 0 Å². The number of aliphatic carboxylic acids is 1. The number of hydrogen-bond acceptors (Lipinski definition) is 21. The standard InChI is InChI=1S/C83H111Cl6N13O19S3/c1-100-49-69(66-43-60(84)46-75(87)72(66)52-100)57-10-4-13-63(40-57)122(109,110)96-25-31-118-37-34-115-28-22-93-80(106)90-19-7-16-83(99-78(103)55-121-56-79(104)105,17-8-20-91-81(107)94-23-29-116-35-38-119-32-26-97-123(111,112)64-14-5-11-58(41-64)70-50-101(2)53-73-67(70)44-61(85)47-76(73)88)18-9-21-92-82(108)95-24-30-117-36-39-120-33-27-98-124(113,114)65-15-6-12-59(42-65)71-51-102(3)54-74-68(71)45-62(86)48-77(74)89/h4-6,10-15,40-48,69-71,96-98H,7-9,16-39,49-56H2,1-3H3,(H,99,103)(H,104,105)(H2,90,93,106)(H2,91,94,107)(H2,92,95,108)/t69-,70-,71-/m0/s1. The maximum absolute atomic E-state index is 13.6. The highest BCUT2D eigenvalue weighted by molar-refractivity contribution is 7.90. The number of benzene rings is 6. The Morgan fingerprint density at radius 3 is 0.952 bits per heavy atom. The van der Waals surface area contributed by atoms with Gasteiger partial charge in [-0.25, -0.2) is 58.6 Å². The van der Waals surface area contributed by atoms with Crippen LogP contribution in [-0.2, 0) is 92.5 Å². The lowest BCUT2D eigenvalue weighted by molar-refractivity contribution is -0.144. The van der Waals surface area contributed by atoms with Crippen LogP contribution < -0.4 is 51.4 Å². The normalized spacial score (nSPS) is 15.8. The van der Waals surface area contributed by atoms with Gasteiger partial charge in [0, 0.05) is 152 Å². The first-order valence-electron chi connectivity index (χ1n) is 40.8. The minimum Gasteiger partial charge on any atom is -0.480 e. The molecular weight excluding hydrogens is 1790 g/mol. The number of rotatable bonds is 53. The molecule has 124 heavy (non-hydrogen) atoms. The Labute approximate surface area is 755 Å². The van der Waals surface area contributed by atoms with E-state index in [-0.39, 0.29) is 190 Å². The molecule has 32 nitrogen and oxygen atoms in total. The maximum atomic E-state index is 13.6. The van der Waals surface area contributed by atoms with Crippen LogP contribution in [0.2, 0.25) is 30.1 Å². The van der Waals surface area contributed by atoms with Gasteiger partial charge in [0.25, 0.3) is 0 Å². The SMILES string of the molecule is CN1Cc2c(Cl)cc(Cl)cc2[C@H](c2cccc(S(=O)(=O)NCCOCCOCCNC(=O)NCCCC(CCCNC(=O)NCCOCCOCCNS(=O)(=O)c3cccc([C@@H]4CN(C)Cc5c(Cl)cc(Cl)cc54)c3)(CCCNC(=O)NCCOCCOCCNS(=O)(=O)c3cccc([C@@H]4CN(C)Cc5c(Cl)cc(Cl)cc54)c3)NC(=O)COCC(=O)O)c2)C1. The van der Waals surface area contributed by atoms with Crippen molar-refractivity contribution in [1.29, 1.82) is 0 Å². The van der Waals surface area contributed by atoms with E-state index in [4.69, 9.17) is 103 Å². The molecule has 682 valence electrons. The molecule has 6 aromatic rings. The minimum atomic E-state index is -3.90. The van der Waals surface area contributed by atoms with E-state index in [1.807, 2.05) is 57.5 Å². The van der Waals surface area contributed by atoms with Gasteiger partial charge in [0.15, 0.2) is 0 Å². The zero-order valence-electron chi connectivity index (χ0n) is 69.5. The number of urea groups is 3. The second kappa shape index (κ2) is 50.8. The number of nitrogens with one attached hydrogen (secondary N) is 10. The Morgan fingerprint density at radius 2 is 0.661 bits per heavy atom. The third-order valence-electron chi connectivity index (χ3n) is 20.7. The topological polar surface area (TPSA) is 403 Å². The Balaban J connectivity index is 0.677. The van der Waals surface area contributed by atoms with Crippen molar-refractivity contribution in [3.8, 4) is 0 Å². The second-order valence-corrected chi connectivity index (χ2v) is 38.1. The molecule has 0 bridgehead atoms. The maximum Gasteiger partial charge on any atom is 0.329 e. The van der Waals surface area contributed by atoms with Crippen molar-refractivity contribution in [3.05, 3.63) is 189 Å². The van der Waals surface area contributed by atoms with E-state index < -0.39 is 78.8 Å². The van der Waals surface area contributed by atoms with Gasteiger partial charge in [-0.05, 0) is 183 Å². The number of likely N-dealkylation sites (N-methyl/N-ethyl adjacent to an activating group) is 3. The minimum absolute atomic E-state index is 0.00123. The van der Waals surface area contributed by atoms with Crippen LogP contribution in [0.1, 0.15) is 106 Å². The summed E-state index contributed by atoms with van der Waals surface area (Å²) in [6, 6.07) is 29.6. The van der Waals surface area contributed by atoms with Gasteiger partial charge >= 0.3 is 24.1 Å². The molecule has 0 aromatic heterocycles. The van der Waals surface area contributed by atoms with Crippen LogP contribution in [0.15, 0.2) is 124 Å². The molecule has 7 amide bonds. The fourth-order valence-electron chi connectivity index (χ4n) is 15.0. The molecule has 3 atom stereocenters. The highest BCUT2D eigenvalue weighted by Crippen LogP contribution is 2.43. The van der Waals surface area contributed by atoms with Crippen molar-refractivity contribution in [3.63, 3.8) is 0 Å². The van der Waals surface area contributed by atoms with Gasteiger partial charge in [-0.2, -0.15) is 0 Å². The van der Waals surface area contributed by atoms with Crippen molar-refractivity contribution in [2.24, 2.45) is 0 Å². The molecule has 0 saturated carbocycles. The highest BCUT2D eigenvalue weighted by Gasteiger charge is 2.35. The summed E-state index contributed by atoms with van der Waals surface area (Å²) in [6.45, 7) is 4.84. The van der Waals surface area contributed by atoms with E-state index in [1.165, 1.54) is 18.2 Å². The van der Waals surface area contributed by atoms with Crippen molar-refractivity contribution in [2.45, 2.75) is 96.1 Å². The predicted molar refractivity (Wildman–Crippen MR) is 475 cm³/mol. The molecule has 9 rings (SSSR count). The first kappa shape index (κ1) is 101. The third kappa shape index (κ3) is 32.7. The van der Waals surface area contributed by atoms with Crippen LogP contribution in [0.4, 0.5) is 14.4 Å². The molecule has 0 aliphatic carbocycles. The number of carbonyl (C=O) groups excluding carboxylic acids is 4. The number of fused-ring (bicyclic) bond motifs is 3. The summed E-state index contributed by atoms with van der Waals surface area (Å²) in [5, 5.41) is 32.1. The lowest BCUT2D eigenvalue weighted by Gasteiger charge is -2.36. The molecule has 0 spiro atoms.